The molecule has 0 aliphatic rings. The van der Waals surface area contributed by atoms with Crippen molar-refractivity contribution >= 4 is 23.6 Å². The Labute approximate surface area is 247 Å². The molecule has 0 spiro atoms. The Hall–Kier alpha value is -4.84. The van der Waals surface area contributed by atoms with Crippen LogP contribution in [0.5, 0.6) is 5.75 Å². The number of alkyl carbamates (subject to hydrolysis) is 1. The molecular weight excluding hydrogens is 532 g/mol. The van der Waals surface area contributed by atoms with Crippen molar-refractivity contribution in [3.63, 3.8) is 0 Å². The smallest absolute Gasteiger partial charge is 0.408 e. The van der Waals surface area contributed by atoms with Crippen LogP contribution in [-0.4, -0.2) is 46.1 Å². The zero-order valence-electron chi connectivity index (χ0n) is 24.9. The lowest BCUT2D eigenvalue weighted by Crippen LogP contribution is -2.53. The van der Waals surface area contributed by atoms with Gasteiger partial charge in [0, 0.05) is 17.7 Å². The van der Waals surface area contributed by atoms with Crippen molar-refractivity contribution in [3.05, 3.63) is 94.5 Å². The fourth-order valence-corrected chi connectivity index (χ4v) is 4.63. The van der Waals surface area contributed by atoms with E-state index in [2.05, 4.69) is 10.6 Å². The lowest BCUT2D eigenvalue weighted by Gasteiger charge is -2.33. The Kier molecular flexibility index (Phi) is 10.3. The van der Waals surface area contributed by atoms with Crippen LogP contribution < -0.4 is 10.6 Å². The lowest BCUT2D eigenvalue weighted by atomic mass is 9.97. The third kappa shape index (κ3) is 8.10. The summed E-state index contributed by atoms with van der Waals surface area (Å²) in [5.74, 6) is -1.48. The van der Waals surface area contributed by atoms with Crippen molar-refractivity contribution in [1.82, 2.24) is 10.2 Å². The molecule has 2 atom stereocenters. The number of nitrogens with zero attached hydrogens (tertiary/aromatic N) is 2. The average molecular weight is 571 g/mol. The van der Waals surface area contributed by atoms with Crippen LogP contribution in [0.2, 0.25) is 0 Å². The molecule has 0 saturated heterocycles. The second kappa shape index (κ2) is 13.7. The number of phenols is 1. The normalized spacial score (nSPS) is 12.4. The molecule has 3 aromatic rings. The van der Waals surface area contributed by atoms with Crippen LogP contribution >= 0.6 is 0 Å². The van der Waals surface area contributed by atoms with Crippen molar-refractivity contribution < 1.29 is 24.2 Å². The molecule has 0 bridgehead atoms. The Morgan fingerprint density at radius 3 is 2.12 bits per heavy atom. The minimum absolute atomic E-state index is 0.0753. The summed E-state index contributed by atoms with van der Waals surface area (Å²) < 4.78 is 5.42. The predicted octanol–water partition coefficient (Wildman–Crippen LogP) is 5.49. The maximum absolute atomic E-state index is 14.3. The van der Waals surface area contributed by atoms with Crippen LogP contribution in [0.1, 0.15) is 54.6 Å². The first-order valence-corrected chi connectivity index (χ1v) is 13.7. The van der Waals surface area contributed by atoms with Crippen LogP contribution in [0, 0.1) is 32.1 Å². The second-order valence-electron chi connectivity index (χ2n) is 11.2. The van der Waals surface area contributed by atoms with E-state index in [9.17, 15) is 24.8 Å². The van der Waals surface area contributed by atoms with Crippen molar-refractivity contribution in [2.45, 2.75) is 65.6 Å². The molecule has 3 aromatic carbocycles. The van der Waals surface area contributed by atoms with E-state index in [0.717, 1.165) is 21.6 Å². The zero-order valence-corrected chi connectivity index (χ0v) is 24.9. The Morgan fingerprint density at radius 2 is 1.52 bits per heavy atom. The van der Waals surface area contributed by atoms with Crippen LogP contribution in [0.15, 0.2) is 66.7 Å². The van der Waals surface area contributed by atoms with E-state index in [-0.39, 0.29) is 17.7 Å². The summed E-state index contributed by atoms with van der Waals surface area (Å²) in [6.45, 7) is 10.0. The van der Waals surface area contributed by atoms with Gasteiger partial charge in [-0.1, -0.05) is 66.7 Å². The number of hydrogen-bond donors (Lipinski definition) is 3. The summed E-state index contributed by atoms with van der Waals surface area (Å²) in [6, 6.07) is 18.9. The summed E-state index contributed by atoms with van der Waals surface area (Å²) in [5.41, 5.74) is 2.75. The van der Waals surface area contributed by atoms with Gasteiger partial charge < -0.3 is 25.4 Å². The number of nitrogens with one attached hydrogen (secondary N) is 2. The SMILES string of the molecule is Cc1cccc(C(C(=O)Nc2c(C)cccc2C)N(CC#N)C(=O)C(Cc2ccccc2)NC(=O)OC(C)(C)C)c1O. The fraction of sp³-hybridized carbons (Fsp3) is 0.333. The van der Waals surface area contributed by atoms with E-state index >= 15 is 0 Å². The van der Waals surface area contributed by atoms with E-state index in [4.69, 9.17) is 4.74 Å². The number of amides is 3. The molecule has 3 N–H and O–H groups in total. The van der Waals surface area contributed by atoms with Crippen molar-refractivity contribution in [2.24, 2.45) is 0 Å². The van der Waals surface area contributed by atoms with Crippen LogP contribution in [-0.2, 0) is 20.7 Å². The summed E-state index contributed by atoms with van der Waals surface area (Å²) >= 11 is 0. The number of carbonyl (C=O) groups is 3. The Bertz CT molecular complexity index is 1450. The Morgan fingerprint density at radius 1 is 0.929 bits per heavy atom. The highest BCUT2D eigenvalue weighted by molar-refractivity contribution is 6.00. The molecule has 0 radical (unpaired) electrons. The molecule has 0 heterocycles. The first kappa shape index (κ1) is 31.7. The summed E-state index contributed by atoms with van der Waals surface area (Å²) in [5, 5.41) is 26.4. The first-order valence-electron chi connectivity index (χ1n) is 13.7. The third-order valence-electron chi connectivity index (χ3n) is 6.65. The van der Waals surface area contributed by atoms with Crippen LogP contribution in [0.25, 0.3) is 0 Å². The molecule has 0 saturated carbocycles. The number of rotatable bonds is 9. The number of aromatic hydroxyl groups is 1. The molecule has 2 unspecified atom stereocenters. The molecule has 0 aliphatic heterocycles. The number of anilines is 1. The van der Waals surface area contributed by atoms with Gasteiger partial charge in [-0.05, 0) is 63.8 Å². The van der Waals surface area contributed by atoms with Crippen LogP contribution in [0.4, 0.5) is 10.5 Å². The molecule has 3 rings (SSSR count). The number of nitriles is 1. The van der Waals surface area contributed by atoms with E-state index in [1.807, 2.05) is 68.4 Å². The minimum atomic E-state index is -1.39. The molecular formula is C33H38N4O5. The molecule has 0 aliphatic carbocycles. The zero-order chi connectivity index (χ0) is 31.0. The van der Waals surface area contributed by atoms with Crippen molar-refractivity contribution in [2.75, 3.05) is 11.9 Å². The monoisotopic (exact) mass is 570 g/mol. The number of ether oxygens (including phenoxy) is 1. The molecule has 9 heteroatoms. The van der Waals surface area contributed by atoms with Gasteiger partial charge in [-0.15, -0.1) is 0 Å². The van der Waals surface area contributed by atoms with E-state index in [1.165, 1.54) is 0 Å². The number of phenolic OH excluding ortho intramolecular Hbond substituents is 1. The van der Waals surface area contributed by atoms with E-state index in [0.29, 0.717) is 11.3 Å². The average Bonchev–Trinajstić information content (AvgIpc) is 2.91. The van der Waals surface area contributed by atoms with Gasteiger partial charge in [0.15, 0.2) is 0 Å². The summed E-state index contributed by atoms with van der Waals surface area (Å²) in [7, 11) is 0. The first-order chi connectivity index (χ1) is 19.8. The largest absolute Gasteiger partial charge is 0.507 e. The molecule has 42 heavy (non-hydrogen) atoms. The van der Waals surface area contributed by atoms with Crippen LogP contribution in [0.3, 0.4) is 0 Å². The number of carbonyl (C=O) groups excluding carboxylic acids is 3. The summed E-state index contributed by atoms with van der Waals surface area (Å²) in [4.78, 5) is 42.3. The molecule has 220 valence electrons. The van der Waals surface area contributed by atoms with E-state index in [1.54, 1.807) is 45.9 Å². The Balaban J connectivity index is 2.11. The van der Waals surface area contributed by atoms with Crippen molar-refractivity contribution in [3.8, 4) is 11.8 Å². The highest BCUT2D eigenvalue weighted by atomic mass is 16.6. The van der Waals surface area contributed by atoms with Gasteiger partial charge in [-0.25, -0.2) is 4.79 Å². The highest BCUT2D eigenvalue weighted by Gasteiger charge is 2.38. The topological polar surface area (TPSA) is 132 Å². The maximum Gasteiger partial charge on any atom is 0.408 e. The standard InChI is InChI=1S/C33H38N4O5/c1-21-12-10-13-22(2)27(21)36-30(39)28(25-17-11-14-23(3)29(25)38)37(19-18-34)31(40)26(20-24-15-8-7-9-16-24)35-32(41)42-33(4,5)6/h7-17,26,28,38H,19-20H2,1-6H3,(H,35,41)(H,36,39). The van der Waals surface area contributed by atoms with Gasteiger partial charge >= 0.3 is 6.09 Å². The number of para-hydroxylation sites is 2. The van der Waals surface area contributed by atoms with Gasteiger partial charge in [0.05, 0.1) is 6.07 Å². The molecule has 0 aromatic heterocycles. The summed E-state index contributed by atoms with van der Waals surface area (Å²) in [6.07, 6.45) is -0.741. The van der Waals surface area contributed by atoms with Gasteiger partial charge in [0.1, 0.15) is 30.0 Å². The highest BCUT2D eigenvalue weighted by Crippen LogP contribution is 2.34. The van der Waals surface area contributed by atoms with Crippen molar-refractivity contribution in [1.29, 1.82) is 5.26 Å². The maximum atomic E-state index is 14.3. The quantitative estimate of drug-likeness (QED) is 0.292. The lowest BCUT2D eigenvalue weighted by molar-refractivity contribution is -0.140. The predicted molar refractivity (Wildman–Crippen MR) is 161 cm³/mol. The minimum Gasteiger partial charge on any atom is -0.507 e. The molecule has 9 nitrogen and oxygen atoms in total. The van der Waals surface area contributed by atoms with Gasteiger partial charge in [0.2, 0.25) is 5.91 Å². The second-order valence-corrected chi connectivity index (χ2v) is 11.2. The molecule has 3 amide bonds. The van der Waals surface area contributed by atoms with Gasteiger partial charge in [-0.3, -0.25) is 9.59 Å². The number of benzene rings is 3. The number of hydrogen-bond acceptors (Lipinski definition) is 6. The number of aryl methyl sites for hydroxylation is 3. The third-order valence-corrected chi connectivity index (χ3v) is 6.65. The van der Waals surface area contributed by atoms with Gasteiger partial charge in [0.25, 0.3) is 5.91 Å². The van der Waals surface area contributed by atoms with E-state index < -0.39 is 42.1 Å². The van der Waals surface area contributed by atoms with Gasteiger partial charge in [-0.2, -0.15) is 5.26 Å². The fourth-order valence-electron chi connectivity index (χ4n) is 4.63. The molecule has 0 fully saturated rings.